The quantitative estimate of drug-likeness (QED) is 0.620. The van der Waals surface area contributed by atoms with Gasteiger partial charge in [0.15, 0.2) is 0 Å². The molecule has 0 bridgehead atoms. The van der Waals surface area contributed by atoms with Gasteiger partial charge in [-0.2, -0.15) is 0 Å². The lowest BCUT2D eigenvalue weighted by atomic mass is 9.80. The van der Waals surface area contributed by atoms with Crippen molar-refractivity contribution < 1.29 is 14.3 Å². The number of nitrogens with zero attached hydrogens (tertiary/aromatic N) is 1. The summed E-state index contributed by atoms with van der Waals surface area (Å²) in [5.41, 5.74) is 3.19. The number of benzene rings is 3. The Morgan fingerprint density at radius 3 is 2.61 bits per heavy atom. The predicted octanol–water partition coefficient (Wildman–Crippen LogP) is 5.14. The van der Waals surface area contributed by atoms with Gasteiger partial charge in [-0.05, 0) is 47.0 Å². The lowest BCUT2D eigenvalue weighted by molar-refractivity contribution is -0.119. The number of fused-ring (bicyclic) bond motifs is 3. The second-order valence-corrected chi connectivity index (χ2v) is 7.13. The van der Waals surface area contributed by atoms with Gasteiger partial charge < -0.3 is 14.4 Å². The summed E-state index contributed by atoms with van der Waals surface area (Å²) in [7, 11) is 3.33. The van der Waals surface area contributed by atoms with Gasteiger partial charge in [-0.1, -0.05) is 37.3 Å². The molecule has 3 aromatic rings. The molecular weight excluding hydrogens is 350 g/mol. The van der Waals surface area contributed by atoms with E-state index < -0.39 is 0 Å². The predicted molar refractivity (Wildman–Crippen MR) is 113 cm³/mol. The summed E-state index contributed by atoms with van der Waals surface area (Å²) in [6.45, 7) is 2.83. The molecule has 1 aliphatic rings. The summed E-state index contributed by atoms with van der Waals surface area (Å²) < 4.78 is 11.1. The van der Waals surface area contributed by atoms with E-state index in [2.05, 4.69) is 37.3 Å². The zero-order valence-electron chi connectivity index (χ0n) is 16.6. The number of hydrogen-bond donors (Lipinski definition) is 0. The standard InChI is InChI=1S/C24H25NO3/c1-4-13-25-21-11-9-16-7-5-6-8-18(16)24(21)20(15-23(25)26)19-14-17(27-2)10-12-22(19)28-3/h5-12,14,20H,4,13,15H2,1-3H3. The molecule has 0 N–H and O–H groups in total. The van der Waals surface area contributed by atoms with Crippen LogP contribution in [-0.2, 0) is 4.79 Å². The summed E-state index contributed by atoms with van der Waals surface area (Å²) in [5.74, 6) is 1.62. The number of hydrogen-bond acceptors (Lipinski definition) is 3. The van der Waals surface area contributed by atoms with E-state index in [1.807, 2.05) is 29.2 Å². The van der Waals surface area contributed by atoms with Crippen LogP contribution in [0.4, 0.5) is 5.69 Å². The summed E-state index contributed by atoms with van der Waals surface area (Å²) in [5, 5.41) is 2.36. The SMILES string of the molecule is CCCN1C(=O)CC(c2cc(OC)ccc2OC)c2c1ccc1ccccc21. The highest BCUT2D eigenvalue weighted by Gasteiger charge is 2.34. The van der Waals surface area contributed by atoms with Crippen LogP contribution in [0.15, 0.2) is 54.6 Å². The molecule has 0 aliphatic carbocycles. The summed E-state index contributed by atoms with van der Waals surface area (Å²) >= 11 is 0. The third-order valence-electron chi connectivity index (χ3n) is 5.53. The van der Waals surface area contributed by atoms with Gasteiger partial charge in [0.1, 0.15) is 11.5 Å². The molecular formula is C24H25NO3. The zero-order valence-corrected chi connectivity index (χ0v) is 16.6. The first kappa shape index (κ1) is 18.4. The van der Waals surface area contributed by atoms with Crippen LogP contribution < -0.4 is 14.4 Å². The molecule has 28 heavy (non-hydrogen) atoms. The first-order valence-electron chi connectivity index (χ1n) is 9.71. The molecule has 1 unspecified atom stereocenters. The largest absolute Gasteiger partial charge is 0.497 e. The summed E-state index contributed by atoms with van der Waals surface area (Å²) in [6.07, 6.45) is 1.34. The maximum absolute atomic E-state index is 13.1. The van der Waals surface area contributed by atoms with E-state index in [0.29, 0.717) is 6.42 Å². The second kappa shape index (κ2) is 7.55. The van der Waals surface area contributed by atoms with Crippen LogP contribution in [0.2, 0.25) is 0 Å². The van der Waals surface area contributed by atoms with Crippen LogP contribution in [0.25, 0.3) is 10.8 Å². The van der Waals surface area contributed by atoms with Crippen LogP contribution in [-0.4, -0.2) is 26.7 Å². The van der Waals surface area contributed by atoms with Crippen molar-refractivity contribution in [1.29, 1.82) is 0 Å². The monoisotopic (exact) mass is 375 g/mol. The Balaban J connectivity index is 1.99. The van der Waals surface area contributed by atoms with Crippen molar-refractivity contribution in [1.82, 2.24) is 0 Å². The lowest BCUT2D eigenvalue weighted by Gasteiger charge is -2.35. The van der Waals surface area contributed by atoms with Crippen molar-refractivity contribution in [3.8, 4) is 11.5 Å². The molecule has 0 fully saturated rings. The van der Waals surface area contributed by atoms with Crippen molar-refractivity contribution in [3.63, 3.8) is 0 Å². The Morgan fingerprint density at radius 2 is 1.86 bits per heavy atom. The van der Waals surface area contributed by atoms with E-state index in [0.717, 1.165) is 35.7 Å². The van der Waals surface area contributed by atoms with E-state index in [1.54, 1.807) is 14.2 Å². The molecule has 1 atom stereocenters. The molecule has 144 valence electrons. The molecule has 4 nitrogen and oxygen atoms in total. The van der Waals surface area contributed by atoms with E-state index in [1.165, 1.54) is 16.3 Å². The van der Waals surface area contributed by atoms with E-state index in [4.69, 9.17) is 9.47 Å². The van der Waals surface area contributed by atoms with E-state index in [9.17, 15) is 4.79 Å². The molecule has 4 rings (SSSR count). The minimum Gasteiger partial charge on any atom is -0.497 e. The Labute approximate surface area is 165 Å². The van der Waals surface area contributed by atoms with Gasteiger partial charge in [0.05, 0.1) is 14.2 Å². The minimum atomic E-state index is -0.0771. The Hall–Kier alpha value is -3.01. The molecule has 3 aromatic carbocycles. The van der Waals surface area contributed by atoms with Crippen LogP contribution in [0.3, 0.4) is 0 Å². The van der Waals surface area contributed by atoms with Crippen molar-refractivity contribution >= 4 is 22.4 Å². The minimum absolute atomic E-state index is 0.0771. The van der Waals surface area contributed by atoms with Crippen molar-refractivity contribution in [2.45, 2.75) is 25.7 Å². The maximum atomic E-state index is 13.1. The van der Waals surface area contributed by atoms with Crippen molar-refractivity contribution in [2.24, 2.45) is 0 Å². The fourth-order valence-electron chi connectivity index (χ4n) is 4.25. The number of carbonyl (C=O) groups excluding carboxylic acids is 1. The number of anilines is 1. The molecule has 4 heteroatoms. The van der Waals surface area contributed by atoms with Crippen molar-refractivity contribution in [3.05, 3.63) is 65.7 Å². The Morgan fingerprint density at radius 1 is 1.04 bits per heavy atom. The highest BCUT2D eigenvalue weighted by Crippen LogP contribution is 2.47. The van der Waals surface area contributed by atoms with Crippen LogP contribution in [0.5, 0.6) is 11.5 Å². The Kier molecular flexibility index (Phi) is 4.95. The average Bonchev–Trinajstić information content (AvgIpc) is 2.74. The van der Waals surface area contributed by atoms with Gasteiger partial charge in [-0.3, -0.25) is 4.79 Å². The van der Waals surface area contributed by atoms with Crippen LogP contribution in [0.1, 0.15) is 36.8 Å². The molecule has 0 saturated carbocycles. The van der Waals surface area contributed by atoms with Gasteiger partial charge in [0.2, 0.25) is 5.91 Å². The fraction of sp³-hybridized carbons (Fsp3) is 0.292. The molecule has 1 aliphatic heterocycles. The molecule has 0 radical (unpaired) electrons. The molecule has 0 saturated heterocycles. The zero-order chi connectivity index (χ0) is 19.7. The topological polar surface area (TPSA) is 38.8 Å². The number of ether oxygens (including phenoxy) is 2. The third-order valence-corrected chi connectivity index (χ3v) is 5.53. The summed E-state index contributed by atoms with van der Waals surface area (Å²) in [6, 6.07) is 18.4. The van der Waals surface area contributed by atoms with Gasteiger partial charge in [0, 0.05) is 30.1 Å². The van der Waals surface area contributed by atoms with Gasteiger partial charge in [-0.25, -0.2) is 0 Å². The molecule has 0 spiro atoms. The first-order valence-corrected chi connectivity index (χ1v) is 9.71. The Bertz CT molecular complexity index is 1030. The number of amides is 1. The van der Waals surface area contributed by atoms with Gasteiger partial charge in [-0.15, -0.1) is 0 Å². The summed E-state index contributed by atoms with van der Waals surface area (Å²) in [4.78, 5) is 15.0. The average molecular weight is 375 g/mol. The molecule has 0 aromatic heterocycles. The van der Waals surface area contributed by atoms with Crippen LogP contribution >= 0.6 is 0 Å². The number of rotatable bonds is 5. The van der Waals surface area contributed by atoms with Crippen LogP contribution in [0, 0.1) is 0 Å². The lowest BCUT2D eigenvalue weighted by Crippen LogP contribution is -2.37. The molecule has 1 heterocycles. The third kappa shape index (κ3) is 2.99. The molecule has 1 amide bonds. The maximum Gasteiger partial charge on any atom is 0.227 e. The highest BCUT2D eigenvalue weighted by molar-refractivity contribution is 6.03. The van der Waals surface area contributed by atoms with E-state index in [-0.39, 0.29) is 11.8 Å². The smallest absolute Gasteiger partial charge is 0.227 e. The van der Waals surface area contributed by atoms with Crippen molar-refractivity contribution in [2.75, 3.05) is 25.7 Å². The first-order chi connectivity index (χ1) is 13.7. The highest BCUT2D eigenvalue weighted by atomic mass is 16.5. The number of carbonyl (C=O) groups is 1. The fourth-order valence-corrected chi connectivity index (χ4v) is 4.25. The normalized spacial score (nSPS) is 16.2. The van der Waals surface area contributed by atoms with Gasteiger partial charge in [0.25, 0.3) is 0 Å². The van der Waals surface area contributed by atoms with E-state index >= 15 is 0 Å². The number of methoxy groups -OCH3 is 2. The van der Waals surface area contributed by atoms with Gasteiger partial charge >= 0.3 is 0 Å². The second-order valence-electron chi connectivity index (χ2n) is 7.13.